The SMILES string of the molecule is CNCc1nc(-c2ccc(Br)cc2)c(C)n1C. The molecule has 0 bridgehead atoms. The molecular weight excluding hydrogens is 278 g/mol. The summed E-state index contributed by atoms with van der Waals surface area (Å²) in [5, 5.41) is 3.14. The fourth-order valence-corrected chi connectivity index (χ4v) is 2.10. The van der Waals surface area contributed by atoms with Gasteiger partial charge in [0.25, 0.3) is 0 Å². The summed E-state index contributed by atoms with van der Waals surface area (Å²) in [5.41, 5.74) is 3.41. The zero-order chi connectivity index (χ0) is 12.4. The van der Waals surface area contributed by atoms with Crippen LogP contribution in [0.5, 0.6) is 0 Å². The number of aromatic nitrogens is 2. The van der Waals surface area contributed by atoms with Gasteiger partial charge in [-0.15, -0.1) is 0 Å². The van der Waals surface area contributed by atoms with Crippen molar-refractivity contribution in [2.75, 3.05) is 7.05 Å². The molecule has 0 saturated carbocycles. The third kappa shape index (κ3) is 2.42. The van der Waals surface area contributed by atoms with Crippen LogP contribution in [0.3, 0.4) is 0 Å². The third-order valence-electron chi connectivity index (χ3n) is 2.93. The van der Waals surface area contributed by atoms with Gasteiger partial charge in [-0.25, -0.2) is 4.98 Å². The molecule has 0 saturated heterocycles. The first-order chi connectivity index (χ1) is 8.13. The van der Waals surface area contributed by atoms with Gasteiger partial charge < -0.3 is 9.88 Å². The van der Waals surface area contributed by atoms with Crippen LogP contribution in [0.2, 0.25) is 0 Å². The molecule has 2 aromatic rings. The van der Waals surface area contributed by atoms with Gasteiger partial charge in [-0.2, -0.15) is 0 Å². The average molecular weight is 294 g/mol. The zero-order valence-corrected chi connectivity index (χ0v) is 11.9. The van der Waals surface area contributed by atoms with Gasteiger partial charge in [-0.3, -0.25) is 0 Å². The first kappa shape index (κ1) is 12.3. The molecule has 0 radical (unpaired) electrons. The monoisotopic (exact) mass is 293 g/mol. The number of benzene rings is 1. The number of imidazole rings is 1. The van der Waals surface area contributed by atoms with E-state index in [2.05, 4.69) is 56.9 Å². The van der Waals surface area contributed by atoms with Crippen molar-refractivity contribution in [2.45, 2.75) is 13.5 Å². The van der Waals surface area contributed by atoms with E-state index in [4.69, 9.17) is 0 Å². The Balaban J connectivity index is 2.45. The van der Waals surface area contributed by atoms with Gasteiger partial charge in [0, 0.05) is 22.8 Å². The third-order valence-corrected chi connectivity index (χ3v) is 3.46. The van der Waals surface area contributed by atoms with Crippen LogP contribution in [-0.2, 0) is 13.6 Å². The molecule has 1 aromatic carbocycles. The van der Waals surface area contributed by atoms with Crippen LogP contribution in [0.15, 0.2) is 28.7 Å². The predicted octanol–water partition coefficient (Wildman–Crippen LogP) is 2.88. The first-order valence-electron chi connectivity index (χ1n) is 5.56. The second kappa shape index (κ2) is 5.02. The molecule has 17 heavy (non-hydrogen) atoms. The minimum atomic E-state index is 0.786. The van der Waals surface area contributed by atoms with Crippen molar-refractivity contribution in [2.24, 2.45) is 7.05 Å². The van der Waals surface area contributed by atoms with Crippen molar-refractivity contribution < 1.29 is 0 Å². The summed E-state index contributed by atoms with van der Waals surface area (Å²) in [7, 11) is 3.99. The summed E-state index contributed by atoms with van der Waals surface area (Å²) in [6, 6.07) is 8.26. The van der Waals surface area contributed by atoms with Crippen LogP contribution in [0, 0.1) is 6.92 Å². The first-order valence-corrected chi connectivity index (χ1v) is 6.35. The van der Waals surface area contributed by atoms with Crippen molar-refractivity contribution in [3.8, 4) is 11.3 Å². The number of nitrogens with one attached hydrogen (secondary N) is 1. The van der Waals surface area contributed by atoms with Crippen molar-refractivity contribution in [1.82, 2.24) is 14.9 Å². The molecule has 1 N–H and O–H groups in total. The summed E-state index contributed by atoms with van der Waals surface area (Å²) in [4.78, 5) is 4.68. The van der Waals surface area contributed by atoms with Crippen molar-refractivity contribution in [1.29, 1.82) is 0 Å². The molecule has 3 nitrogen and oxygen atoms in total. The molecule has 0 unspecified atom stereocenters. The number of halogens is 1. The van der Waals surface area contributed by atoms with E-state index in [1.54, 1.807) is 0 Å². The standard InChI is InChI=1S/C13H16BrN3/c1-9-13(10-4-6-11(14)7-5-10)16-12(8-15-2)17(9)3/h4-7,15H,8H2,1-3H3. The lowest BCUT2D eigenvalue weighted by Gasteiger charge is -2.01. The lowest BCUT2D eigenvalue weighted by atomic mass is 10.1. The fraction of sp³-hybridized carbons (Fsp3) is 0.308. The van der Waals surface area contributed by atoms with E-state index < -0.39 is 0 Å². The molecule has 1 aromatic heterocycles. The maximum atomic E-state index is 4.68. The highest BCUT2D eigenvalue weighted by Crippen LogP contribution is 2.24. The van der Waals surface area contributed by atoms with Gasteiger partial charge >= 0.3 is 0 Å². The van der Waals surface area contributed by atoms with E-state index in [1.807, 2.05) is 19.2 Å². The van der Waals surface area contributed by atoms with Gasteiger partial charge in [0.05, 0.1) is 12.2 Å². The van der Waals surface area contributed by atoms with Crippen LogP contribution >= 0.6 is 15.9 Å². The summed E-state index contributed by atoms with van der Waals surface area (Å²) < 4.78 is 3.22. The largest absolute Gasteiger partial charge is 0.334 e. The summed E-state index contributed by atoms with van der Waals surface area (Å²) in [5.74, 6) is 1.06. The maximum absolute atomic E-state index is 4.68. The Morgan fingerprint density at radius 3 is 2.53 bits per heavy atom. The fourth-order valence-electron chi connectivity index (χ4n) is 1.83. The molecule has 0 aliphatic carbocycles. The second-order valence-electron chi connectivity index (χ2n) is 4.06. The molecule has 2 rings (SSSR count). The van der Waals surface area contributed by atoms with E-state index in [1.165, 1.54) is 5.69 Å². The molecule has 0 atom stereocenters. The number of nitrogens with zero attached hydrogens (tertiary/aromatic N) is 2. The smallest absolute Gasteiger partial charge is 0.123 e. The second-order valence-corrected chi connectivity index (χ2v) is 4.97. The van der Waals surface area contributed by atoms with Crippen molar-refractivity contribution in [3.05, 3.63) is 40.3 Å². The molecule has 0 fully saturated rings. The summed E-state index contributed by atoms with van der Waals surface area (Å²) >= 11 is 3.45. The zero-order valence-electron chi connectivity index (χ0n) is 10.3. The molecular formula is C13H16BrN3. The summed E-state index contributed by atoms with van der Waals surface area (Å²) in [6.07, 6.45) is 0. The summed E-state index contributed by atoms with van der Waals surface area (Å²) in [6.45, 7) is 2.89. The van der Waals surface area contributed by atoms with Crippen LogP contribution in [0.4, 0.5) is 0 Å². The molecule has 0 aliphatic heterocycles. The Kier molecular flexibility index (Phi) is 3.64. The van der Waals surface area contributed by atoms with E-state index in [-0.39, 0.29) is 0 Å². The van der Waals surface area contributed by atoms with Crippen molar-refractivity contribution in [3.63, 3.8) is 0 Å². The van der Waals surface area contributed by atoms with Crippen molar-refractivity contribution >= 4 is 15.9 Å². The number of hydrogen-bond acceptors (Lipinski definition) is 2. The highest BCUT2D eigenvalue weighted by molar-refractivity contribution is 9.10. The van der Waals surface area contributed by atoms with E-state index >= 15 is 0 Å². The lowest BCUT2D eigenvalue weighted by Crippen LogP contribution is -2.10. The van der Waals surface area contributed by atoms with Crippen LogP contribution in [0.25, 0.3) is 11.3 Å². The predicted molar refractivity (Wildman–Crippen MR) is 73.8 cm³/mol. The van der Waals surface area contributed by atoms with Crippen LogP contribution in [-0.4, -0.2) is 16.6 Å². The Bertz CT molecular complexity index is 514. The Hall–Kier alpha value is -1.13. The Morgan fingerprint density at radius 1 is 1.29 bits per heavy atom. The van der Waals surface area contributed by atoms with E-state index in [0.29, 0.717) is 0 Å². The highest BCUT2D eigenvalue weighted by atomic mass is 79.9. The van der Waals surface area contributed by atoms with E-state index in [0.717, 1.165) is 28.1 Å². The Morgan fingerprint density at radius 2 is 1.94 bits per heavy atom. The van der Waals surface area contributed by atoms with Crippen LogP contribution < -0.4 is 5.32 Å². The van der Waals surface area contributed by atoms with Crippen LogP contribution in [0.1, 0.15) is 11.5 Å². The van der Waals surface area contributed by atoms with Gasteiger partial charge in [0.15, 0.2) is 0 Å². The average Bonchev–Trinajstić information content (AvgIpc) is 2.59. The minimum absolute atomic E-state index is 0.786. The number of rotatable bonds is 3. The Labute approximate surface area is 110 Å². The molecule has 0 amide bonds. The van der Waals surface area contributed by atoms with Gasteiger partial charge in [-0.1, -0.05) is 28.1 Å². The maximum Gasteiger partial charge on any atom is 0.123 e. The normalized spacial score (nSPS) is 10.8. The molecule has 0 spiro atoms. The topological polar surface area (TPSA) is 29.9 Å². The van der Waals surface area contributed by atoms with Gasteiger partial charge in [-0.05, 0) is 26.1 Å². The van der Waals surface area contributed by atoms with E-state index in [9.17, 15) is 0 Å². The number of hydrogen-bond donors (Lipinski definition) is 1. The lowest BCUT2D eigenvalue weighted by molar-refractivity contribution is 0.701. The molecule has 0 aliphatic rings. The van der Waals surface area contributed by atoms with Gasteiger partial charge in [0.2, 0.25) is 0 Å². The minimum Gasteiger partial charge on any atom is -0.334 e. The van der Waals surface area contributed by atoms with Gasteiger partial charge in [0.1, 0.15) is 5.82 Å². The molecule has 1 heterocycles. The molecule has 90 valence electrons. The molecule has 4 heteroatoms. The highest BCUT2D eigenvalue weighted by Gasteiger charge is 2.11. The quantitative estimate of drug-likeness (QED) is 0.943.